The van der Waals surface area contributed by atoms with Gasteiger partial charge in [-0.3, -0.25) is 9.59 Å². The molecule has 0 spiro atoms. The van der Waals surface area contributed by atoms with Crippen LogP contribution in [0.4, 0.5) is 11.4 Å². The first-order chi connectivity index (χ1) is 14.2. The lowest BCUT2D eigenvalue weighted by molar-refractivity contribution is -0.119. The van der Waals surface area contributed by atoms with Crippen LogP contribution in [-0.2, 0) is 32.3 Å². The lowest BCUT2D eigenvalue weighted by Gasteiger charge is -2.24. The first-order valence-corrected chi connectivity index (χ1v) is 11.8. The number of carbonyl (C=O) groups excluding carboxylic acids is 2. The highest BCUT2D eigenvalue weighted by Crippen LogP contribution is 2.34. The SMILES string of the molecule is CC(=O)N1CCc2cc(S(=O)(=O)C(C)CC(=O)N3c4ccccc4CC3C)ccc21. The highest BCUT2D eigenvalue weighted by Gasteiger charge is 2.34. The number of hydrogen-bond donors (Lipinski definition) is 0. The summed E-state index contributed by atoms with van der Waals surface area (Å²) in [6.45, 7) is 5.65. The molecule has 30 heavy (non-hydrogen) atoms. The van der Waals surface area contributed by atoms with Gasteiger partial charge in [-0.25, -0.2) is 8.42 Å². The van der Waals surface area contributed by atoms with Crippen molar-refractivity contribution in [3.8, 4) is 0 Å². The number of fused-ring (bicyclic) bond motifs is 2. The van der Waals surface area contributed by atoms with E-state index < -0.39 is 15.1 Å². The van der Waals surface area contributed by atoms with Crippen LogP contribution in [0.5, 0.6) is 0 Å². The smallest absolute Gasteiger partial charge is 0.228 e. The zero-order valence-electron chi connectivity index (χ0n) is 17.5. The fraction of sp³-hybridized carbons (Fsp3) is 0.391. The van der Waals surface area contributed by atoms with Gasteiger partial charge in [0.2, 0.25) is 11.8 Å². The summed E-state index contributed by atoms with van der Waals surface area (Å²) in [4.78, 5) is 28.4. The van der Waals surface area contributed by atoms with Gasteiger partial charge in [0.1, 0.15) is 0 Å². The van der Waals surface area contributed by atoms with Crippen LogP contribution in [0.15, 0.2) is 47.4 Å². The second-order valence-electron chi connectivity index (χ2n) is 8.22. The van der Waals surface area contributed by atoms with E-state index in [9.17, 15) is 18.0 Å². The molecule has 0 aromatic heterocycles. The third-order valence-electron chi connectivity index (χ3n) is 6.12. The number of benzene rings is 2. The van der Waals surface area contributed by atoms with Crippen molar-refractivity contribution in [1.82, 2.24) is 0 Å². The van der Waals surface area contributed by atoms with Crippen LogP contribution < -0.4 is 9.80 Å². The molecular formula is C23H26N2O4S. The average molecular weight is 427 g/mol. The predicted molar refractivity (Wildman–Crippen MR) is 117 cm³/mol. The van der Waals surface area contributed by atoms with Crippen LogP contribution in [-0.4, -0.2) is 38.1 Å². The zero-order chi connectivity index (χ0) is 21.6. The summed E-state index contributed by atoms with van der Waals surface area (Å²) in [7, 11) is -3.67. The van der Waals surface area contributed by atoms with Crippen molar-refractivity contribution in [2.45, 2.75) is 56.2 Å². The minimum atomic E-state index is -3.67. The predicted octanol–water partition coefficient (Wildman–Crippen LogP) is 3.13. The monoisotopic (exact) mass is 426 g/mol. The molecule has 0 saturated carbocycles. The van der Waals surface area contributed by atoms with Crippen LogP contribution in [0, 0.1) is 0 Å². The standard InChI is InChI=1S/C23H26N2O4S/c1-15-12-18-6-4-5-7-22(18)25(15)23(27)13-16(2)30(28,29)20-8-9-21-19(14-20)10-11-24(21)17(3)26/h4-9,14-16H,10-13H2,1-3H3. The van der Waals surface area contributed by atoms with Crippen molar-refractivity contribution >= 4 is 33.0 Å². The number of carbonyl (C=O) groups is 2. The molecule has 2 aliphatic rings. The summed E-state index contributed by atoms with van der Waals surface area (Å²) in [5, 5.41) is -0.840. The third-order valence-corrected chi connectivity index (χ3v) is 8.26. The maximum atomic E-state index is 13.2. The van der Waals surface area contributed by atoms with E-state index in [2.05, 4.69) is 0 Å². The number of nitrogens with zero attached hydrogens (tertiary/aromatic N) is 2. The number of sulfone groups is 1. The number of para-hydroxylation sites is 1. The Morgan fingerprint density at radius 2 is 1.83 bits per heavy atom. The van der Waals surface area contributed by atoms with Gasteiger partial charge < -0.3 is 9.80 Å². The van der Waals surface area contributed by atoms with Crippen LogP contribution in [0.3, 0.4) is 0 Å². The fourth-order valence-electron chi connectivity index (χ4n) is 4.51. The van der Waals surface area contributed by atoms with E-state index in [1.807, 2.05) is 31.2 Å². The van der Waals surface area contributed by atoms with Gasteiger partial charge in [0.15, 0.2) is 9.84 Å². The summed E-state index contributed by atoms with van der Waals surface area (Å²) in [5.41, 5.74) is 3.61. The molecule has 0 saturated heterocycles. The van der Waals surface area contributed by atoms with Gasteiger partial charge in [-0.15, -0.1) is 0 Å². The van der Waals surface area contributed by atoms with E-state index in [-0.39, 0.29) is 29.2 Å². The van der Waals surface area contributed by atoms with Crippen LogP contribution in [0.1, 0.15) is 38.3 Å². The summed E-state index contributed by atoms with van der Waals surface area (Å²) in [6.07, 6.45) is 1.34. The molecule has 0 bridgehead atoms. The molecule has 2 atom stereocenters. The zero-order valence-corrected chi connectivity index (χ0v) is 18.3. The Bertz CT molecular complexity index is 1130. The molecular weight excluding hydrogens is 400 g/mol. The van der Waals surface area contributed by atoms with Crippen LogP contribution in [0.25, 0.3) is 0 Å². The van der Waals surface area contributed by atoms with E-state index in [1.54, 1.807) is 34.9 Å². The van der Waals surface area contributed by atoms with Crippen molar-refractivity contribution in [2.75, 3.05) is 16.3 Å². The van der Waals surface area contributed by atoms with E-state index in [0.717, 1.165) is 28.9 Å². The largest absolute Gasteiger partial charge is 0.312 e. The molecule has 6 nitrogen and oxygen atoms in total. The highest BCUT2D eigenvalue weighted by molar-refractivity contribution is 7.92. The van der Waals surface area contributed by atoms with E-state index in [0.29, 0.717) is 13.0 Å². The topological polar surface area (TPSA) is 74.8 Å². The number of hydrogen-bond acceptors (Lipinski definition) is 4. The molecule has 2 amide bonds. The maximum Gasteiger partial charge on any atom is 0.228 e. The molecule has 4 rings (SSSR count). The van der Waals surface area contributed by atoms with Crippen molar-refractivity contribution in [3.63, 3.8) is 0 Å². The Morgan fingerprint density at radius 1 is 1.10 bits per heavy atom. The lowest BCUT2D eigenvalue weighted by Crippen LogP contribution is -2.38. The lowest BCUT2D eigenvalue weighted by atomic mass is 10.1. The number of anilines is 2. The molecule has 2 aromatic rings. The number of rotatable bonds is 4. The van der Waals surface area contributed by atoms with Crippen molar-refractivity contribution in [2.24, 2.45) is 0 Å². The Hall–Kier alpha value is -2.67. The summed E-state index contributed by atoms with van der Waals surface area (Å²) in [6, 6.07) is 12.7. The Labute approximate surface area is 177 Å². The Morgan fingerprint density at radius 3 is 2.57 bits per heavy atom. The average Bonchev–Trinajstić information content (AvgIpc) is 3.27. The molecule has 2 heterocycles. The minimum absolute atomic E-state index is 0.0161. The van der Waals surface area contributed by atoms with Crippen molar-refractivity contribution < 1.29 is 18.0 Å². The van der Waals surface area contributed by atoms with Crippen molar-refractivity contribution in [3.05, 3.63) is 53.6 Å². The summed E-state index contributed by atoms with van der Waals surface area (Å²) < 4.78 is 26.3. The first kappa shape index (κ1) is 20.6. The second-order valence-corrected chi connectivity index (χ2v) is 10.6. The minimum Gasteiger partial charge on any atom is -0.312 e. The normalized spacial score (nSPS) is 18.8. The molecule has 2 aromatic carbocycles. The van der Waals surface area contributed by atoms with Crippen LogP contribution in [0.2, 0.25) is 0 Å². The first-order valence-electron chi connectivity index (χ1n) is 10.2. The van der Waals surface area contributed by atoms with E-state index in [4.69, 9.17) is 0 Å². The maximum absolute atomic E-state index is 13.2. The summed E-state index contributed by atoms with van der Waals surface area (Å²) >= 11 is 0. The van der Waals surface area contributed by atoms with Gasteiger partial charge in [0, 0.05) is 37.3 Å². The molecule has 2 unspecified atom stereocenters. The summed E-state index contributed by atoms with van der Waals surface area (Å²) in [5.74, 6) is -0.226. The Kier molecular flexibility index (Phi) is 5.18. The van der Waals surface area contributed by atoms with Gasteiger partial charge >= 0.3 is 0 Å². The van der Waals surface area contributed by atoms with Gasteiger partial charge in [0.25, 0.3) is 0 Å². The van der Waals surface area contributed by atoms with Gasteiger partial charge in [-0.05, 0) is 62.1 Å². The van der Waals surface area contributed by atoms with Gasteiger partial charge in [-0.1, -0.05) is 18.2 Å². The van der Waals surface area contributed by atoms with Gasteiger partial charge in [0.05, 0.1) is 10.1 Å². The van der Waals surface area contributed by atoms with Crippen LogP contribution >= 0.6 is 0 Å². The molecule has 0 fully saturated rings. The second kappa shape index (κ2) is 7.54. The Balaban J connectivity index is 1.54. The quantitative estimate of drug-likeness (QED) is 0.753. The fourth-order valence-corrected chi connectivity index (χ4v) is 5.90. The number of amides is 2. The van der Waals surface area contributed by atoms with E-state index in [1.165, 1.54) is 6.92 Å². The molecule has 7 heteroatoms. The molecule has 158 valence electrons. The van der Waals surface area contributed by atoms with Gasteiger partial charge in [-0.2, -0.15) is 0 Å². The molecule has 0 aliphatic carbocycles. The van der Waals surface area contributed by atoms with Crippen molar-refractivity contribution in [1.29, 1.82) is 0 Å². The molecule has 0 radical (unpaired) electrons. The highest BCUT2D eigenvalue weighted by atomic mass is 32.2. The molecule has 2 aliphatic heterocycles. The molecule has 0 N–H and O–H groups in total. The third kappa shape index (κ3) is 3.41. The van der Waals surface area contributed by atoms with E-state index >= 15 is 0 Å².